The van der Waals surface area contributed by atoms with Gasteiger partial charge in [0.25, 0.3) is 5.56 Å². The Labute approximate surface area is 164 Å². The summed E-state index contributed by atoms with van der Waals surface area (Å²) in [7, 11) is 0. The predicted molar refractivity (Wildman–Crippen MR) is 106 cm³/mol. The molecular formula is C21H27N5O2. The molecule has 2 fully saturated rings. The molecule has 7 nitrogen and oxygen atoms in total. The van der Waals surface area contributed by atoms with E-state index in [-0.39, 0.29) is 11.6 Å². The van der Waals surface area contributed by atoms with Crippen LogP contribution in [0, 0.1) is 6.92 Å². The Morgan fingerprint density at radius 3 is 2.71 bits per heavy atom. The molecule has 2 aliphatic carbocycles. The largest absolute Gasteiger partial charge is 0.376 e. The van der Waals surface area contributed by atoms with Gasteiger partial charge in [-0.2, -0.15) is 5.10 Å². The molecule has 3 aliphatic rings. The van der Waals surface area contributed by atoms with Crippen molar-refractivity contribution in [1.29, 1.82) is 0 Å². The number of hydrogen-bond donors (Lipinski definition) is 1. The Balaban J connectivity index is 1.25. The van der Waals surface area contributed by atoms with E-state index in [1.165, 1.54) is 12.8 Å². The van der Waals surface area contributed by atoms with Gasteiger partial charge in [0.2, 0.25) is 0 Å². The van der Waals surface area contributed by atoms with Gasteiger partial charge < -0.3 is 10.1 Å². The molecule has 2 saturated carbocycles. The summed E-state index contributed by atoms with van der Waals surface area (Å²) in [6, 6.07) is 4.33. The Hall–Kier alpha value is -2.28. The standard InChI is InChI=1S/C21H27N5O2/c1-13-10-19(24-21(22-13)14-2-3-14)23-16-4-6-17(7-5-16)26-20(27)11-15-12-28-9-8-18(15)25-26/h10-11,14,16-17H,2-9,12H2,1H3,(H,22,23,24). The van der Waals surface area contributed by atoms with Crippen LogP contribution in [0.3, 0.4) is 0 Å². The summed E-state index contributed by atoms with van der Waals surface area (Å²) in [5, 5.41) is 8.28. The monoisotopic (exact) mass is 381 g/mol. The van der Waals surface area contributed by atoms with E-state index in [9.17, 15) is 4.79 Å². The highest BCUT2D eigenvalue weighted by molar-refractivity contribution is 5.38. The minimum absolute atomic E-state index is 0.00107. The molecule has 0 radical (unpaired) electrons. The van der Waals surface area contributed by atoms with Gasteiger partial charge in [-0.05, 0) is 45.4 Å². The van der Waals surface area contributed by atoms with E-state index in [0.717, 1.165) is 60.7 Å². The Morgan fingerprint density at radius 2 is 1.93 bits per heavy atom. The molecule has 0 unspecified atom stereocenters. The minimum Gasteiger partial charge on any atom is -0.376 e. The number of aromatic nitrogens is 4. The first-order valence-corrected chi connectivity index (χ1v) is 10.5. The van der Waals surface area contributed by atoms with Gasteiger partial charge >= 0.3 is 0 Å². The fraction of sp³-hybridized carbons (Fsp3) is 0.619. The molecule has 1 aliphatic heterocycles. The summed E-state index contributed by atoms with van der Waals surface area (Å²) < 4.78 is 7.16. The molecule has 2 aromatic heterocycles. The smallest absolute Gasteiger partial charge is 0.267 e. The number of anilines is 1. The Kier molecular flexibility index (Phi) is 4.62. The molecule has 0 bridgehead atoms. The van der Waals surface area contributed by atoms with Crippen molar-refractivity contribution in [3.05, 3.63) is 45.3 Å². The second-order valence-electron chi connectivity index (χ2n) is 8.38. The predicted octanol–water partition coefficient (Wildman–Crippen LogP) is 2.89. The zero-order chi connectivity index (χ0) is 19.1. The molecule has 7 heteroatoms. The molecule has 1 N–H and O–H groups in total. The van der Waals surface area contributed by atoms with Crippen LogP contribution in [0.2, 0.25) is 0 Å². The van der Waals surface area contributed by atoms with E-state index in [1.807, 2.05) is 13.0 Å². The van der Waals surface area contributed by atoms with Crippen LogP contribution in [-0.2, 0) is 17.8 Å². The van der Waals surface area contributed by atoms with Crippen LogP contribution >= 0.6 is 0 Å². The molecule has 3 heterocycles. The van der Waals surface area contributed by atoms with E-state index in [1.54, 1.807) is 10.7 Å². The second-order valence-corrected chi connectivity index (χ2v) is 8.38. The van der Waals surface area contributed by atoms with E-state index in [2.05, 4.69) is 15.4 Å². The van der Waals surface area contributed by atoms with Crippen molar-refractivity contribution in [3.63, 3.8) is 0 Å². The highest BCUT2D eigenvalue weighted by atomic mass is 16.5. The zero-order valence-corrected chi connectivity index (χ0v) is 16.4. The summed E-state index contributed by atoms with van der Waals surface area (Å²) in [6.07, 6.45) is 7.16. The number of nitrogens with zero attached hydrogens (tertiary/aromatic N) is 4. The molecule has 5 rings (SSSR count). The second kappa shape index (κ2) is 7.28. The molecule has 0 amide bonds. The number of hydrogen-bond acceptors (Lipinski definition) is 6. The average molecular weight is 381 g/mol. The Bertz CT molecular complexity index is 929. The SMILES string of the molecule is Cc1cc(NC2CCC(n3nc4c(cc3=O)COCC4)CC2)nc(C2CC2)n1. The van der Waals surface area contributed by atoms with Crippen molar-refractivity contribution in [2.75, 3.05) is 11.9 Å². The van der Waals surface area contributed by atoms with Crippen molar-refractivity contribution >= 4 is 5.82 Å². The lowest BCUT2D eigenvalue weighted by atomic mass is 9.91. The summed E-state index contributed by atoms with van der Waals surface area (Å²) in [5.74, 6) is 2.50. The lowest BCUT2D eigenvalue weighted by molar-refractivity contribution is 0.107. The van der Waals surface area contributed by atoms with Crippen LogP contribution in [0.4, 0.5) is 5.82 Å². The van der Waals surface area contributed by atoms with Gasteiger partial charge in [-0.15, -0.1) is 0 Å². The fourth-order valence-corrected chi connectivity index (χ4v) is 4.35. The normalized spacial score (nSPS) is 24.6. The maximum absolute atomic E-state index is 12.5. The molecule has 28 heavy (non-hydrogen) atoms. The quantitative estimate of drug-likeness (QED) is 0.877. The average Bonchev–Trinajstić information content (AvgIpc) is 3.53. The molecule has 0 atom stereocenters. The van der Waals surface area contributed by atoms with Crippen molar-refractivity contribution in [3.8, 4) is 0 Å². The summed E-state index contributed by atoms with van der Waals surface area (Å²) in [6.45, 7) is 3.24. The van der Waals surface area contributed by atoms with Crippen LogP contribution in [-0.4, -0.2) is 32.4 Å². The molecule has 2 aromatic rings. The molecule has 0 spiro atoms. The van der Waals surface area contributed by atoms with E-state index in [4.69, 9.17) is 9.72 Å². The van der Waals surface area contributed by atoms with E-state index in [0.29, 0.717) is 25.2 Å². The third-order valence-corrected chi connectivity index (χ3v) is 6.07. The molecule has 0 saturated heterocycles. The number of ether oxygens (including phenoxy) is 1. The Morgan fingerprint density at radius 1 is 1.11 bits per heavy atom. The molecular weight excluding hydrogens is 354 g/mol. The van der Waals surface area contributed by atoms with Crippen molar-refractivity contribution in [2.24, 2.45) is 0 Å². The van der Waals surface area contributed by atoms with Gasteiger partial charge in [0.05, 0.1) is 24.9 Å². The van der Waals surface area contributed by atoms with E-state index >= 15 is 0 Å². The maximum atomic E-state index is 12.5. The highest BCUT2D eigenvalue weighted by Crippen LogP contribution is 2.38. The molecule has 148 valence electrons. The first kappa shape index (κ1) is 17.8. The van der Waals surface area contributed by atoms with Crippen molar-refractivity contribution in [2.45, 2.75) is 76.5 Å². The van der Waals surface area contributed by atoms with Gasteiger partial charge in [-0.3, -0.25) is 4.79 Å². The van der Waals surface area contributed by atoms with Crippen LogP contribution in [0.15, 0.2) is 16.9 Å². The maximum Gasteiger partial charge on any atom is 0.267 e. The van der Waals surface area contributed by atoms with Crippen LogP contribution in [0.5, 0.6) is 0 Å². The third-order valence-electron chi connectivity index (χ3n) is 6.07. The zero-order valence-electron chi connectivity index (χ0n) is 16.4. The van der Waals surface area contributed by atoms with Crippen LogP contribution in [0.25, 0.3) is 0 Å². The highest BCUT2D eigenvalue weighted by Gasteiger charge is 2.28. The summed E-state index contributed by atoms with van der Waals surface area (Å²) in [4.78, 5) is 21.8. The number of fused-ring (bicyclic) bond motifs is 1. The third kappa shape index (κ3) is 3.68. The topological polar surface area (TPSA) is 81.9 Å². The van der Waals surface area contributed by atoms with Crippen molar-refractivity contribution in [1.82, 2.24) is 19.7 Å². The fourth-order valence-electron chi connectivity index (χ4n) is 4.35. The number of nitrogens with one attached hydrogen (secondary N) is 1. The van der Waals surface area contributed by atoms with Crippen molar-refractivity contribution < 1.29 is 4.74 Å². The van der Waals surface area contributed by atoms with Gasteiger partial charge in [-0.1, -0.05) is 0 Å². The summed E-state index contributed by atoms with van der Waals surface area (Å²) >= 11 is 0. The van der Waals surface area contributed by atoms with Crippen LogP contribution in [0.1, 0.15) is 73.3 Å². The summed E-state index contributed by atoms with van der Waals surface area (Å²) in [5.41, 5.74) is 3.01. The van der Waals surface area contributed by atoms with Gasteiger partial charge in [0, 0.05) is 41.8 Å². The lowest BCUT2D eigenvalue weighted by Crippen LogP contribution is -2.35. The lowest BCUT2D eigenvalue weighted by Gasteiger charge is -2.30. The van der Waals surface area contributed by atoms with Gasteiger partial charge in [0.15, 0.2) is 0 Å². The van der Waals surface area contributed by atoms with Gasteiger partial charge in [-0.25, -0.2) is 14.6 Å². The van der Waals surface area contributed by atoms with E-state index < -0.39 is 0 Å². The number of rotatable bonds is 4. The number of aryl methyl sites for hydroxylation is 1. The molecule has 0 aromatic carbocycles. The first-order chi connectivity index (χ1) is 13.7. The minimum atomic E-state index is 0.00107. The first-order valence-electron chi connectivity index (χ1n) is 10.5. The van der Waals surface area contributed by atoms with Gasteiger partial charge in [0.1, 0.15) is 11.6 Å². The van der Waals surface area contributed by atoms with Crippen LogP contribution < -0.4 is 10.9 Å².